The average Bonchev–Trinajstić information content (AvgIpc) is 2.93. The summed E-state index contributed by atoms with van der Waals surface area (Å²) < 4.78 is 2.36. The van der Waals surface area contributed by atoms with Gasteiger partial charge in [-0.05, 0) is 52.5 Å². The van der Waals surface area contributed by atoms with Crippen LogP contribution in [0.2, 0.25) is 0 Å². The van der Waals surface area contributed by atoms with E-state index in [1.165, 1.54) is 0 Å². The number of aromatic nitrogens is 2. The summed E-state index contributed by atoms with van der Waals surface area (Å²) in [5.74, 6) is -0.0636. The normalized spacial score (nSPS) is 12.1. The second-order valence-corrected chi connectivity index (χ2v) is 6.04. The molecule has 0 bridgehead atoms. The maximum atomic E-state index is 12.2. The smallest absolute Gasteiger partial charge is 0.255 e. The molecule has 2 N–H and O–H groups in total. The van der Waals surface area contributed by atoms with Crippen molar-refractivity contribution in [2.45, 2.75) is 20.4 Å². The number of carbonyl (C=O) groups excluding carboxylic acids is 1. The van der Waals surface area contributed by atoms with Crippen molar-refractivity contribution in [2.75, 3.05) is 6.54 Å². The quantitative estimate of drug-likeness (QED) is 0.870. The van der Waals surface area contributed by atoms with E-state index in [2.05, 4.69) is 26.3 Å². The fraction of sp³-hybridized carbons (Fsp3) is 0.333. The molecule has 1 heterocycles. The fourth-order valence-electron chi connectivity index (χ4n) is 2.06. The highest BCUT2D eigenvalue weighted by Gasteiger charge is 2.15. The van der Waals surface area contributed by atoms with Crippen LogP contribution in [-0.2, 0) is 6.54 Å². The van der Waals surface area contributed by atoms with Crippen LogP contribution in [0.4, 0.5) is 0 Å². The first kappa shape index (κ1) is 15.6. The third-order valence-electron chi connectivity index (χ3n) is 3.12. The van der Waals surface area contributed by atoms with Crippen LogP contribution in [0, 0.1) is 12.8 Å². The van der Waals surface area contributed by atoms with E-state index >= 15 is 0 Å². The van der Waals surface area contributed by atoms with Crippen molar-refractivity contribution in [1.82, 2.24) is 15.1 Å². The van der Waals surface area contributed by atoms with Crippen LogP contribution in [-0.4, -0.2) is 27.3 Å². The maximum Gasteiger partial charge on any atom is 0.255 e. The van der Waals surface area contributed by atoms with Crippen molar-refractivity contribution in [3.8, 4) is 5.75 Å². The monoisotopic (exact) mass is 351 g/mol. The first-order valence-electron chi connectivity index (χ1n) is 6.72. The number of amides is 1. The van der Waals surface area contributed by atoms with Crippen LogP contribution in [0.1, 0.15) is 22.8 Å². The van der Waals surface area contributed by atoms with Gasteiger partial charge >= 0.3 is 0 Å². The minimum atomic E-state index is -0.274. The lowest BCUT2D eigenvalue weighted by Gasteiger charge is -2.14. The summed E-state index contributed by atoms with van der Waals surface area (Å²) in [6.07, 6.45) is 3.62. The number of hydrogen-bond donors (Lipinski definition) is 2. The summed E-state index contributed by atoms with van der Waals surface area (Å²) in [4.78, 5) is 12.2. The van der Waals surface area contributed by atoms with Crippen molar-refractivity contribution < 1.29 is 9.90 Å². The van der Waals surface area contributed by atoms with Crippen LogP contribution in [0.3, 0.4) is 0 Å². The number of rotatable bonds is 5. The molecule has 0 saturated carbocycles. The molecule has 1 aromatic carbocycles. The van der Waals surface area contributed by atoms with Gasteiger partial charge < -0.3 is 10.4 Å². The molecule has 0 aliphatic rings. The topological polar surface area (TPSA) is 67.2 Å². The van der Waals surface area contributed by atoms with Gasteiger partial charge in [0.1, 0.15) is 5.75 Å². The summed E-state index contributed by atoms with van der Waals surface area (Å²) in [5.41, 5.74) is 1.20. The minimum Gasteiger partial charge on any atom is -0.506 e. The Morgan fingerprint density at radius 3 is 2.95 bits per heavy atom. The number of benzene rings is 1. The fourth-order valence-corrected chi connectivity index (χ4v) is 2.64. The first-order valence-corrected chi connectivity index (χ1v) is 7.51. The molecular weight excluding hydrogens is 334 g/mol. The van der Waals surface area contributed by atoms with Gasteiger partial charge in [0.15, 0.2) is 0 Å². The Morgan fingerprint density at radius 2 is 2.29 bits per heavy atom. The number of aryl methyl sites for hydroxylation is 1. The van der Waals surface area contributed by atoms with E-state index in [0.717, 1.165) is 12.1 Å². The molecule has 0 fully saturated rings. The van der Waals surface area contributed by atoms with Crippen LogP contribution in [0.25, 0.3) is 0 Å². The number of carbonyl (C=O) groups is 1. The van der Waals surface area contributed by atoms with E-state index in [-0.39, 0.29) is 23.1 Å². The molecule has 21 heavy (non-hydrogen) atoms. The van der Waals surface area contributed by atoms with E-state index in [0.29, 0.717) is 11.0 Å². The summed E-state index contributed by atoms with van der Waals surface area (Å²) in [5, 5.41) is 16.9. The second-order valence-electron chi connectivity index (χ2n) is 5.19. The number of phenolic OH excluding ortho intramolecular Hbond substituents is 1. The van der Waals surface area contributed by atoms with Gasteiger partial charge in [-0.25, -0.2) is 0 Å². The highest BCUT2D eigenvalue weighted by molar-refractivity contribution is 9.10. The van der Waals surface area contributed by atoms with Crippen molar-refractivity contribution >= 4 is 21.8 Å². The maximum absolute atomic E-state index is 12.2. The Labute approximate surface area is 132 Å². The minimum absolute atomic E-state index is 0.0298. The van der Waals surface area contributed by atoms with Crippen molar-refractivity contribution in [3.05, 3.63) is 46.2 Å². The molecule has 5 nitrogen and oxygen atoms in total. The van der Waals surface area contributed by atoms with E-state index in [1.807, 2.05) is 30.8 Å². The molecule has 0 radical (unpaired) electrons. The van der Waals surface area contributed by atoms with Gasteiger partial charge in [-0.1, -0.05) is 6.92 Å². The Balaban J connectivity index is 1.96. The molecule has 1 aromatic heterocycles. The van der Waals surface area contributed by atoms with Gasteiger partial charge in [0.25, 0.3) is 5.91 Å². The molecule has 0 spiro atoms. The van der Waals surface area contributed by atoms with Gasteiger partial charge in [0.05, 0.1) is 10.0 Å². The zero-order valence-electron chi connectivity index (χ0n) is 12.0. The SMILES string of the molecule is Cc1cc(Br)c(O)c(C(=O)NCC(C)Cn2cccn2)c1. The lowest BCUT2D eigenvalue weighted by atomic mass is 10.1. The molecule has 2 aromatic rings. The number of hydrogen-bond acceptors (Lipinski definition) is 3. The summed E-state index contributed by atoms with van der Waals surface area (Å²) in [7, 11) is 0. The van der Waals surface area contributed by atoms with Crippen LogP contribution < -0.4 is 5.32 Å². The number of phenols is 1. The third-order valence-corrected chi connectivity index (χ3v) is 3.73. The lowest BCUT2D eigenvalue weighted by Crippen LogP contribution is -2.30. The second kappa shape index (κ2) is 6.76. The van der Waals surface area contributed by atoms with Crippen molar-refractivity contribution in [2.24, 2.45) is 5.92 Å². The highest BCUT2D eigenvalue weighted by Crippen LogP contribution is 2.29. The highest BCUT2D eigenvalue weighted by atomic mass is 79.9. The van der Waals surface area contributed by atoms with Crippen molar-refractivity contribution in [1.29, 1.82) is 0 Å². The predicted octanol–water partition coefficient (Wildman–Crippen LogP) is 2.73. The third kappa shape index (κ3) is 4.07. The molecule has 0 aliphatic heterocycles. The molecule has 6 heteroatoms. The van der Waals surface area contributed by atoms with Crippen LogP contribution >= 0.6 is 15.9 Å². The first-order chi connectivity index (χ1) is 9.97. The summed E-state index contributed by atoms with van der Waals surface area (Å²) in [6.45, 7) is 5.16. The largest absolute Gasteiger partial charge is 0.506 e. The Hall–Kier alpha value is -1.82. The lowest BCUT2D eigenvalue weighted by molar-refractivity contribution is 0.0943. The molecule has 2 rings (SSSR count). The van der Waals surface area contributed by atoms with Crippen LogP contribution in [0.5, 0.6) is 5.75 Å². The predicted molar refractivity (Wildman–Crippen MR) is 84.3 cm³/mol. The Bertz CT molecular complexity index is 626. The standard InChI is InChI=1S/C15H18BrN3O2/c1-10-6-12(14(20)13(16)7-10)15(21)17-8-11(2)9-19-5-3-4-18-19/h3-7,11,20H,8-9H2,1-2H3,(H,17,21). The zero-order valence-corrected chi connectivity index (χ0v) is 13.6. The molecule has 1 atom stereocenters. The average molecular weight is 352 g/mol. The number of halogens is 1. The Kier molecular flexibility index (Phi) is 5.01. The van der Waals surface area contributed by atoms with Crippen molar-refractivity contribution in [3.63, 3.8) is 0 Å². The summed E-state index contributed by atoms with van der Waals surface area (Å²) >= 11 is 3.24. The Morgan fingerprint density at radius 1 is 1.52 bits per heavy atom. The molecule has 112 valence electrons. The van der Waals surface area contributed by atoms with E-state index in [4.69, 9.17) is 0 Å². The van der Waals surface area contributed by atoms with Gasteiger partial charge in [-0.15, -0.1) is 0 Å². The molecule has 1 amide bonds. The van der Waals surface area contributed by atoms with Gasteiger partial charge in [-0.2, -0.15) is 5.10 Å². The molecule has 0 aliphatic carbocycles. The van der Waals surface area contributed by atoms with Gasteiger partial charge in [-0.3, -0.25) is 9.48 Å². The molecule has 0 saturated heterocycles. The van der Waals surface area contributed by atoms with Crippen LogP contribution in [0.15, 0.2) is 35.1 Å². The molecular formula is C15H18BrN3O2. The summed E-state index contributed by atoms with van der Waals surface area (Å²) in [6, 6.07) is 5.31. The van der Waals surface area contributed by atoms with Gasteiger partial charge in [0, 0.05) is 25.5 Å². The van der Waals surface area contributed by atoms with Gasteiger partial charge in [0.2, 0.25) is 0 Å². The number of nitrogens with one attached hydrogen (secondary N) is 1. The van der Waals surface area contributed by atoms with E-state index in [9.17, 15) is 9.90 Å². The van der Waals surface area contributed by atoms with E-state index in [1.54, 1.807) is 18.3 Å². The molecule has 1 unspecified atom stereocenters. The number of nitrogens with zero attached hydrogens (tertiary/aromatic N) is 2. The number of aromatic hydroxyl groups is 1. The zero-order chi connectivity index (χ0) is 15.4. The van der Waals surface area contributed by atoms with E-state index < -0.39 is 0 Å².